The molecule has 0 radical (unpaired) electrons. The number of hydrogen-bond acceptors (Lipinski definition) is 4. The van der Waals surface area contributed by atoms with Crippen LogP contribution in [0.3, 0.4) is 0 Å². The standard InChI is InChI=1S/C9H14N2O2S.ClH/c1-13-8(4-10)9(12)11-5-7-2-3-14-6-7;/h2-3,6,8H,4-5,10H2,1H3,(H,11,12);1H. The molecule has 0 aromatic carbocycles. The number of carbonyl (C=O) groups excluding carboxylic acids is 1. The summed E-state index contributed by atoms with van der Waals surface area (Å²) in [7, 11) is 1.47. The first kappa shape index (κ1) is 14.4. The lowest BCUT2D eigenvalue weighted by Crippen LogP contribution is -2.40. The van der Waals surface area contributed by atoms with Crippen molar-refractivity contribution in [2.75, 3.05) is 13.7 Å². The third-order valence-electron chi connectivity index (χ3n) is 1.84. The van der Waals surface area contributed by atoms with E-state index in [2.05, 4.69) is 5.32 Å². The lowest BCUT2D eigenvalue weighted by atomic mass is 10.3. The Morgan fingerprint density at radius 3 is 2.93 bits per heavy atom. The molecule has 0 spiro atoms. The normalized spacial score (nSPS) is 11.6. The summed E-state index contributed by atoms with van der Waals surface area (Å²) >= 11 is 1.60. The number of halogens is 1. The molecular weight excluding hydrogens is 236 g/mol. The van der Waals surface area contributed by atoms with Gasteiger partial charge in [-0.1, -0.05) is 0 Å². The van der Waals surface area contributed by atoms with Gasteiger partial charge >= 0.3 is 0 Å². The lowest BCUT2D eigenvalue weighted by molar-refractivity contribution is -0.130. The molecule has 1 unspecified atom stereocenters. The maximum absolute atomic E-state index is 11.4. The van der Waals surface area contributed by atoms with E-state index in [1.165, 1.54) is 7.11 Å². The predicted octanol–water partition coefficient (Wildman–Crippen LogP) is 0.760. The van der Waals surface area contributed by atoms with Crippen LogP contribution >= 0.6 is 23.7 Å². The number of ether oxygens (including phenoxy) is 1. The Morgan fingerprint density at radius 2 is 2.47 bits per heavy atom. The van der Waals surface area contributed by atoms with Crippen molar-refractivity contribution in [1.82, 2.24) is 5.32 Å². The molecule has 0 saturated carbocycles. The Balaban J connectivity index is 0.00000196. The number of hydrogen-bond donors (Lipinski definition) is 2. The van der Waals surface area contributed by atoms with Gasteiger partial charge in [0.25, 0.3) is 5.91 Å². The fourth-order valence-corrected chi connectivity index (χ4v) is 1.68. The van der Waals surface area contributed by atoms with Crippen LogP contribution in [-0.2, 0) is 16.1 Å². The fourth-order valence-electron chi connectivity index (χ4n) is 1.01. The van der Waals surface area contributed by atoms with Crippen LogP contribution in [0.4, 0.5) is 0 Å². The SMILES string of the molecule is COC(CN)C(=O)NCc1ccsc1.Cl. The van der Waals surface area contributed by atoms with E-state index in [1.54, 1.807) is 11.3 Å². The molecule has 1 aromatic rings. The molecule has 4 nitrogen and oxygen atoms in total. The second-order valence-electron chi connectivity index (χ2n) is 2.81. The zero-order chi connectivity index (χ0) is 10.4. The molecular formula is C9H15ClN2O2S. The van der Waals surface area contributed by atoms with Crippen molar-refractivity contribution in [3.05, 3.63) is 22.4 Å². The Bertz CT molecular complexity index is 276. The van der Waals surface area contributed by atoms with Crippen molar-refractivity contribution in [3.8, 4) is 0 Å². The average Bonchev–Trinajstić information content (AvgIpc) is 2.69. The molecule has 0 aliphatic rings. The summed E-state index contributed by atoms with van der Waals surface area (Å²) in [6.07, 6.45) is -0.548. The summed E-state index contributed by atoms with van der Waals surface area (Å²) in [5.41, 5.74) is 6.44. The summed E-state index contributed by atoms with van der Waals surface area (Å²) in [5, 5.41) is 6.71. The number of carbonyl (C=O) groups is 1. The molecule has 1 amide bonds. The molecule has 15 heavy (non-hydrogen) atoms. The Kier molecular flexibility index (Phi) is 7.33. The summed E-state index contributed by atoms with van der Waals surface area (Å²) in [4.78, 5) is 11.4. The average molecular weight is 251 g/mol. The van der Waals surface area contributed by atoms with E-state index in [9.17, 15) is 4.79 Å². The smallest absolute Gasteiger partial charge is 0.250 e. The molecule has 1 heterocycles. The van der Waals surface area contributed by atoms with Gasteiger partial charge in [-0.15, -0.1) is 12.4 Å². The molecule has 0 aliphatic carbocycles. The van der Waals surface area contributed by atoms with Crippen molar-refractivity contribution in [2.24, 2.45) is 5.73 Å². The first-order valence-corrected chi connectivity index (χ1v) is 5.24. The lowest BCUT2D eigenvalue weighted by Gasteiger charge is -2.12. The van der Waals surface area contributed by atoms with Gasteiger partial charge < -0.3 is 15.8 Å². The van der Waals surface area contributed by atoms with Crippen molar-refractivity contribution in [3.63, 3.8) is 0 Å². The highest BCUT2D eigenvalue weighted by Gasteiger charge is 2.14. The van der Waals surface area contributed by atoms with E-state index in [1.807, 2.05) is 16.8 Å². The minimum Gasteiger partial charge on any atom is -0.370 e. The molecule has 0 aliphatic heterocycles. The number of thiophene rings is 1. The summed E-state index contributed by atoms with van der Waals surface area (Å²) in [5.74, 6) is -0.166. The van der Waals surface area contributed by atoms with E-state index < -0.39 is 6.10 Å². The second kappa shape index (κ2) is 7.64. The van der Waals surface area contributed by atoms with E-state index in [0.717, 1.165) is 5.56 Å². The van der Waals surface area contributed by atoms with Gasteiger partial charge in [0.2, 0.25) is 0 Å². The number of rotatable bonds is 5. The third kappa shape index (κ3) is 4.61. The number of methoxy groups -OCH3 is 1. The molecule has 6 heteroatoms. The van der Waals surface area contributed by atoms with Crippen molar-refractivity contribution in [2.45, 2.75) is 12.6 Å². The van der Waals surface area contributed by atoms with E-state index in [4.69, 9.17) is 10.5 Å². The van der Waals surface area contributed by atoms with Crippen LogP contribution in [0.2, 0.25) is 0 Å². The summed E-state index contributed by atoms with van der Waals surface area (Å²) < 4.78 is 4.90. The van der Waals surface area contributed by atoms with Gasteiger partial charge in [-0.25, -0.2) is 0 Å². The molecule has 1 atom stereocenters. The van der Waals surface area contributed by atoms with Gasteiger partial charge in [-0.2, -0.15) is 11.3 Å². The zero-order valence-corrected chi connectivity index (χ0v) is 10.1. The highest BCUT2D eigenvalue weighted by Crippen LogP contribution is 2.04. The molecule has 1 rings (SSSR count). The topological polar surface area (TPSA) is 64.3 Å². The molecule has 0 bridgehead atoms. The largest absolute Gasteiger partial charge is 0.370 e. The fraction of sp³-hybridized carbons (Fsp3) is 0.444. The van der Waals surface area contributed by atoms with Gasteiger partial charge in [-0.3, -0.25) is 4.79 Å². The summed E-state index contributed by atoms with van der Waals surface area (Å²) in [6, 6.07) is 1.97. The maximum Gasteiger partial charge on any atom is 0.250 e. The highest BCUT2D eigenvalue weighted by molar-refractivity contribution is 7.07. The first-order chi connectivity index (χ1) is 6.77. The van der Waals surface area contributed by atoms with Crippen LogP contribution < -0.4 is 11.1 Å². The minimum absolute atomic E-state index is 0. The van der Waals surface area contributed by atoms with Gasteiger partial charge in [0, 0.05) is 20.2 Å². The number of nitrogens with one attached hydrogen (secondary N) is 1. The van der Waals surface area contributed by atoms with Gasteiger partial charge in [-0.05, 0) is 22.4 Å². The Labute approximate surface area is 99.2 Å². The first-order valence-electron chi connectivity index (χ1n) is 4.29. The number of nitrogens with two attached hydrogens (primary N) is 1. The van der Waals surface area contributed by atoms with Crippen LogP contribution in [0.15, 0.2) is 16.8 Å². The summed E-state index contributed by atoms with van der Waals surface area (Å²) in [6.45, 7) is 0.730. The van der Waals surface area contributed by atoms with E-state index >= 15 is 0 Å². The zero-order valence-electron chi connectivity index (χ0n) is 8.43. The van der Waals surface area contributed by atoms with Crippen molar-refractivity contribution >= 4 is 29.7 Å². The van der Waals surface area contributed by atoms with Crippen LogP contribution in [0.25, 0.3) is 0 Å². The Morgan fingerprint density at radius 1 is 1.73 bits per heavy atom. The molecule has 3 N–H and O–H groups in total. The van der Waals surface area contributed by atoms with Crippen LogP contribution in [0, 0.1) is 0 Å². The molecule has 86 valence electrons. The van der Waals surface area contributed by atoms with Gasteiger partial charge in [0.15, 0.2) is 0 Å². The van der Waals surface area contributed by atoms with Crippen molar-refractivity contribution in [1.29, 1.82) is 0 Å². The monoisotopic (exact) mass is 250 g/mol. The number of amides is 1. The second-order valence-corrected chi connectivity index (χ2v) is 3.59. The predicted molar refractivity (Wildman–Crippen MR) is 63.3 cm³/mol. The van der Waals surface area contributed by atoms with Crippen LogP contribution in [-0.4, -0.2) is 25.7 Å². The quantitative estimate of drug-likeness (QED) is 0.811. The molecule has 1 aromatic heterocycles. The van der Waals surface area contributed by atoms with Crippen LogP contribution in [0.1, 0.15) is 5.56 Å². The Hall–Kier alpha value is -0.620. The van der Waals surface area contributed by atoms with Gasteiger partial charge in [0.05, 0.1) is 0 Å². The maximum atomic E-state index is 11.4. The van der Waals surface area contributed by atoms with E-state index in [-0.39, 0.29) is 24.9 Å². The van der Waals surface area contributed by atoms with E-state index in [0.29, 0.717) is 6.54 Å². The minimum atomic E-state index is -0.548. The highest BCUT2D eigenvalue weighted by atomic mass is 35.5. The molecule has 0 fully saturated rings. The van der Waals surface area contributed by atoms with Crippen LogP contribution in [0.5, 0.6) is 0 Å². The third-order valence-corrected chi connectivity index (χ3v) is 2.57. The van der Waals surface area contributed by atoms with Gasteiger partial charge in [0.1, 0.15) is 6.10 Å². The van der Waals surface area contributed by atoms with Crippen molar-refractivity contribution < 1.29 is 9.53 Å². The molecule has 0 saturated heterocycles.